The van der Waals surface area contributed by atoms with Crippen molar-refractivity contribution in [1.82, 2.24) is 15.1 Å². The summed E-state index contributed by atoms with van der Waals surface area (Å²) in [5.41, 5.74) is 0.930. The van der Waals surface area contributed by atoms with Crippen LogP contribution in [-0.2, 0) is 11.3 Å². The molecule has 0 spiro atoms. The second-order valence-electron chi connectivity index (χ2n) is 7.15. The van der Waals surface area contributed by atoms with Gasteiger partial charge < -0.3 is 15.1 Å². The lowest BCUT2D eigenvalue weighted by Crippen LogP contribution is -2.46. The minimum absolute atomic E-state index is 0.0494. The number of nitrogens with zero attached hydrogens (tertiary/aromatic N) is 2. The number of nitrogens with one attached hydrogen (secondary N) is 1. The van der Waals surface area contributed by atoms with Crippen LogP contribution in [0.4, 0.5) is 4.79 Å². The topological polar surface area (TPSA) is 52.7 Å². The van der Waals surface area contributed by atoms with Crippen LogP contribution in [0.25, 0.3) is 0 Å². The molecule has 1 aromatic carbocycles. The number of hydrogen-bond donors (Lipinski definition) is 1. The molecule has 2 aliphatic rings. The van der Waals surface area contributed by atoms with Crippen LogP contribution in [0.1, 0.15) is 38.2 Å². The molecule has 3 rings (SSSR count). The Morgan fingerprint density at radius 1 is 1.20 bits per heavy atom. The van der Waals surface area contributed by atoms with Crippen molar-refractivity contribution in [1.29, 1.82) is 0 Å². The van der Waals surface area contributed by atoms with Crippen LogP contribution < -0.4 is 5.32 Å². The normalized spacial score (nSPS) is 23.8. The highest BCUT2D eigenvalue weighted by Crippen LogP contribution is 2.24. The van der Waals surface area contributed by atoms with Gasteiger partial charge in [-0.2, -0.15) is 0 Å². The number of rotatable bonds is 5. The molecule has 1 heterocycles. The smallest absolute Gasteiger partial charge is 0.320 e. The van der Waals surface area contributed by atoms with E-state index in [-0.39, 0.29) is 24.5 Å². The molecule has 0 bridgehead atoms. The second-order valence-corrected chi connectivity index (χ2v) is 7.56. The third-order valence-corrected chi connectivity index (χ3v) is 5.66. The number of amides is 3. The molecule has 6 heteroatoms. The van der Waals surface area contributed by atoms with E-state index in [0.29, 0.717) is 30.6 Å². The molecule has 1 aliphatic heterocycles. The summed E-state index contributed by atoms with van der Waals surface area (Å²) in [6, 6.07) is 7.70. The van der Waals surface area contributed by atoms with Crippen molar-refractivity contribution in [3.05, 3.63) is 34.9 Å². The van der Waals surface area contributed by atoms with Crippen molar-refractivity contribution in [3.8, 4) is 0 Å². The predicted molar refractivity (Wildman–Crippen MR) is 98.4 cm³/mol. The van der Waals surface area contributed by atoms with Gasteiger partial charge in [0.05, 0.1) is 0 Å². The Balaban J connectivity index is 1.51. The molecule has 0 aromatic heterocycles. The molecule has 1 aromatic rings. The molecule has 3 amide bonds. The molecule has 136 valence electrons. The van der Waals surface area contributed by atoms with Crippen LogP contribution >= 0.6 is 11.6 Å². The summed E-state index contributed by atoms with van der Waals surface area (Å²) in [7, 11) is 0. The van der Waals surface area contributed by atoms with Crippen molar-refractivity contribution in [2.24, 2.45) is 5.92 Å². The third-order valence-electron chi connectivity index (χ3n) is 5.29. The van der Waals surface area contributed by atoms with E-state index in [9.17, 15) is 9.59 Å². The van der Waals surface area contributed by atoms with Gasteiger partial charge in [-0.15, -0.1) is 0 Å². The highest BCUT2D eigenvalue weighted by atomic mass is 35.5. The molecule has 1 aliphatic carbocycles. The number of halogens is 1. The summed E-state index contributed by atoms with van der Waals surface area (Å²) in [6.07, 6.45) is 4.62. The molecular weight excluding hydrogens is 338 g/mol. The maximum atomic E-state index is 12.5. The fourth-order valence-electron chi connectivity index (χ4n) is 3.71. The van der Waals surface area contributed by atoms with Gasteiger partial charge in [-0.1, -0.05) is 49.6 Å². The molecule has 1 saturated carbocycles. The Morgan fingerprint density at radius 3 is 2.68 bits per heavy atom. The third kappa shape index (κ3) is 4.46. The van der Waals surface area contributed by atoms with Gasteiger partial charge in [0.2, 0.25) is 5.91 Å². The zero-order chi connectivity index (χ0) is 17.8. The van der Waals surface area contributed by atoms with E-state index in [1.807, 2.05) is 24.3 Å². The van der Waals surface area contributed by atoms with Gasteiger partial charge in [0, 0.05) is 30.7 Å². The molecule has 5 nitrogen and oxygen atoms in total. The fraction of sp³-hybridized carbons (Fsp3) is 0.579. The van der Waals surface area contributed by atoms with Gasteiger partial charge in [0.25, 0.3) is 0 Å². The lowest BCUT2D eigenvalue weighted by molar-refractivity contribution is -0.122. The van der Waals surface area contributed by atoms with Crippen LogP contribution in [0, 0.1) is 5.92 Å². The average molecular weight is 364 g/mol. The van der Waals surface area contributed by atoms with Crippen LogP contribution in [0.2, 0.25) is 5.02 Å². The van der Waals surface area contributed by atoms with E-state index in [2.05, 4.69) is 12.2 Å². The Bertz CT molecular complexity index is 637. The lowest BCUT2D eigenvalue weighted by atomic mass is 9.86. The SMILES string of the molecule is C[C@H]1CCCC[C@@H]1NC(=O)CN1CCN(Cc2ccccc2Cl)C1=O. The zero-order valence-corrected chi connectivity index (χ0v) is 15.5. The van der Waals surface area contributed by atoms with E-state index >= 15 is 0 Å². The molecule has 1 N–H and O–H groups in total. The van der Waals surface area contributed by atoms with Crippen molar-refractivity contribution >= 4 is 23.5 Å². The molecule has 0 unspecified atom stereocenters. The Hall–Kier alpha value is -1.75. The number of urea groups is 1. The van der Waals surface area contributed by atoms with Gasteiger partial charge in [0.1, 0.15) is 6.54 Å². The van der Waals surface area contributed by atoms with E-state index in [0.717, 1.165) is 12.0 Å². The number of carbonyl (C=O) groups excluding carboxylic acids is 2. The quantitative estimate of drug-likeness (QED) is 0.872. The maximum Gasteiger partial charge on any atom is 0.320 e. The molecule has 2 atom stereocenters. The predicted octanol–water partition coefficient (Wildman–Crippen LogP) is 3.27. The number of benzene rings is 1. The van der Waals surface area contributed by atoms with Crippen molar-refractivity contribution in [3.63, 3.8) is 0 Å². The molecule has 1 saturated heterocycles. The van der Waals surface area contributed by atoms with Crippen LogP contribution in [-0.4, -0.2) is 47.4 Å². The molecule has 2 fully saturated rings. The first-order valence-electron chi connectivity index (χ1n) is 9.11. The second kappa shape index (κ2) is 8.09. The summed E-state index contributed by atoms with van der Waals surface area (Å²) in [5, 5.41) is 3.78. The Morgan fingerprint density at radius 2 is 1.92 bits per heavy atom. The molecule has 25 heavy (non-hydrogen) atoms. The fourth-order valence-corrected chi connectivity index (χ4v) is 3.91. The molecule has 0 radical (unpaired) electrons. The number of hydrogen-bond acceptors (Lipinski definition) is 2. The summed E-state index contributed by atoms with van der Waals surface area (Å²) in [4.78, 5) is 28.2. The summed E-state index contributed by atoms with van der Waals surface area (Å²) >= 11 is 6.18. The first-order valence-corrected chi connectivity index (χ1v) is 9.49. The van der Waals surface area contributed by atoms with E-state index in [1.165, 1.54) is 19.3 Å². The Kier molecular flexibility index (Phi) is 5.84. The molecular formula is C19H26ClN3O2. The minimum Gasteiger partial charge on any atom is -0.352 e. The minimum atomic E-state index is -0.0910. The van der Waals surface area contributed by atoms with Crippen LogP contribution in [0.3, 0.4) is 0 Å². The standard InChI is InChI=1S/C19H26ClN3O2/c1-14-6-2-5-9-17(14)21-18(24)13-23-11-10-22(19(23)25)12-15-7-3-4-8-16(15)20/h3-4,7-8,14,17H,2,5-6,9-13H2,1H3,(H,21,24)/t14-,17-/m0/s1. The van der Waals surface area contributed by atoms with Gasteiger partial charge in [0.15, 0.2) is 0 Å². The van der Waals surface area contributed by atoms with E-state index in [1.54, 1.807) is 9.80 Å². The average Bonchev–Trinajstić information content (AvgIpc) is 2.92. The van der Waals surface area contributed by atoms with E-state index < -0.39 is 0 Å². The van der Waals surface area contributed by atoms with E-state index in [4.69, 9.17) is 11.6 Å². The highest BCUT2D eigenvalue weighted by Gasteiger charge is 2.31. The van der Waals surface area contributed by atoms with Gasteiger partial charge in [-0.25, -0.2) is 4.79 Å². The monoisotopic (exact) mass is 363 g/mol. The van der Waals surface area contributed by atoms with Gasteiger partial charge in [-0.05, 0) is 30.4 Å². The van der Waals surface area contributed by atoms with Crippen molar-refractivity contribution < 1.29 is 9.59 Å². The largest absolute Gasteiger partial charge is 0.352 e. The van der Waals surface area contributed by atoms with Gasteiger partial charge in [-0.3, -0.25) is 4.79 Å². The maximum absolute atomic E-state index is 12.5. The summed E-state index contributed by atoms with van der Waals surface area (Å²) in [5.74, 6) is 0.468. The van der Waals surface area contributed by atoms with Gasteiger partial charge >= 0.3 is 6.03 Å². The zero-order valence-electron chi connectivity index (χ0n) is 14.7. The highest BCUT2D eigenvalue weighted by molar-refractivity contribution is 6.31. The van der Waals surface area contributed by atoms with Crippen LogP contribution in [0.5, 0.6) is 0 Å². The first kappa shape index (κ1) is 18.1. The first-order chi connectivity index (χ1) is 12.0. The van der Waals surface area contributed by atoms with Crippen molar-refractivity contribution in [2.75, 3.05) is 19.6 Å². The summed E-state index contributed by atoms with van der Waals surface area (Å²) in [6.45, 7) is 4.02. The van der Waals surface area contributed by atoms with Crippen LogP contribution in [0.15, 0.2) is 24.3 Å². The lowest BCUT2D eigenvalue weighted by Gasteiger charge is -2.30. The van der Waals surface area contributed by atoms with Crippen molar-refractivity contribution in [2.45, 2.75) is 45.2 Å². The Labute approximate surface area is 154 Å². The number of carbonyl (C=O) groups is 2. The summed E-state index contributed by atoms with van der Waals surface area (Å²) < 4.78 is 0.